The van der Waals surface area contributed by atoms with Gasteiger partial charge in [-0.3, -0.25) is 4.68 Å². The molecule has 6 nitrogen and oxygen atoms in total. The highest BCUT2D eigenvalue weighted by Gasteiger charge is 2.13. The third-order valence-corrected chi connectivity index (χ3v) is 3.03. The molecular formula is C14H18N4O2. The van der Waals surface area contributed by atoms with Gasteiger partial charge < -0.3 is 15.8 Å². The van der Waals surface area contributed by atoms with Crippen LogP contribution in [0.5, 0.6) is 0 Å². The molecule has 6 heteroatoms. The second kappa shape index (κ2) is 5.64. The lowest BCUT2D eigenvalue weighted by molar-refractivity contribution is 0.0602. The molecule has 0 aliphatic heterocycles. The second-order valence-electron chi connectivity index (χ2n) is 4.58. The molecule has 1 aromatic carbocycles. The average Bonchev–Trinajstić information content (AvgIpc) is 2.85. The first-order valence-corrected chi connectivity index (χ1v) is 6.22. The van der Waals surface area contributed by atoms with Crippen molar-refractivity contribution in [1.29, 1.82) is 0 Å². The quantitative estimate of drug-likeness (QED) is 0.655. The molecule has 20 heavy (non-hydrogen) atoms. The van der Waals surface area contributed by atoms with Gasteiger partial charge in [0.2, 0.25) is 0 Å². The number of esters is 1. The van der Waals surface area contributed by atoms with Gasteiger partial charge >= 0.3 is 5.97 Å². The minimum Gasteiger partial charge on any atom is -0.465 e. The Bertz CT molecular complexity index is 634. The Labute approximate surface area is 117 Å². The standard InChI is InChI=1S/C14H18N4O2/c1-9-6-11(7-12(13(9)15)14(19)20-3)16-8-10-4-5-18(2)17-10/h4-7,16H,8,15H2,1-3H3. The van der Waals surface area contributed by atoms with Crippen molar-refractivity contribution < 1.29 is 9.53 Å². The molecule has 0 saturated heterocycles. The number of nitrogens with one attached hydrogen (secondary N) is 1. The summed E-state index contributed by atoms with van der Waals surface area (Å²) in [5.74, 6) is -0.438. The molecule has 0 amide bonds. The number of ether oxygens (including phenoxy) is 1. The Morgan fingerprint density at radius 2 is 2.25 bits per heavy atom. The Balaban J connectivity index is 2.19. The van der Waals surface area contributed by atoms with Crippen LogP contribution in [0.1, 0.15) is 21.6 Å². The Morgan fingerprint density at radius 3 is 2.85 bits per heavy atom. The molecule has 0 spiro atoms. The first-order chi connectivity index (χ1) is 9.51. The smallest absolute Gasteiger partial charge is 0.340 e. The van der Waals surface area contributed by atoms with Gasteiger partial charge in [-0.1, -0.05) is 0 Å². The summed E-state index contributed by atoms with van der Waals surface area (Å²) in [7, 11) is 3.21. The molecule has 2 rings (SSSR count). The number of carbonyl (C=O) groups excluding carboxylic acids is 1. The topological polar surface area (TPSA) is 82.2 Å². The van der Waals surface area contributed by atoms with Crippen molar-refractivity contribution in [2.45, 2.75) is 13.5 Å². The van der Waals surface area contributed by atoms with Crippen LogP contribution in [0.4, 0.5) is 11.4 Å². The van der Waals surface area contributed by atoms with Crippen LogP contribution in [0.3, 0.4) is 0 Å². The van der Waals surface area contributed by atoms with Gasteiger partial charge in [0.25, 0.3) is 0 Å². The fraction of sp³-hybridized carbons (Fsp3) is 0.286. The lowest BCUT2D eigenvalue weighted by Gasteiger charge is -2.11. The molecule has 1 heterocycles. The van der Waals surface area contributed by atoms with Gasteiger partial charge in [-0.2, -0.15) is 5.10 Å². The van der Waals surface area contributed by atoms with Crippen molar-refractivity contribution in [3.63, 3.8) is 0 Å². The Morgan fingerprint density at radius 1 is 1.50 bits per heavy atom. The maximum atomic E-state index is 11.7. The normalized spacial score (nSPS) is 10.3. The molecule has 0 unspecified atom stereocenters. The molecular weight excluding hydrogens is 256 g/mol. The summed E-state index contributed by atoms with van der Waals surface area (Å²) in [6.07, 6.45) is 1.88. The number of aryl methyl sites for hydroxylation is 2. The molecule has 3 N–H and O–H groups in total. The second-order valence-corrected chi connectivity index (χ2v) is 4.58. The summed E-state index contributed by atoms with van der Waals surface area (Å²) in [5, 5.41) is 7.50. The number of benzene rings is 1. The number of methoxy groups -OCH3 is 1. The summed E-state index contributed by atoms with van der Waals surface area (Å²) in [4.78, 5) is 11.7. The lowest BCUT2D eigenvalue weighted by Crippen LogP contribution is -2.09. The van der Waals surface area contributed by atoms with E-state index < -0.39 is 5.97 Å². The summed E-state index contributed by atoms with van der Waals surface area (Å²) in [6, 6.07) is 5.51. The van der Waals surface area contributed by atoms with Gasteiger partial charge in [-0.25, -0.2) is 4.79 Å². The average molecular weight is 274 g/mol. The van der Waals surface area contributed by atoms with E-state index in [0.29, 0.717) is 17.8 Å². The molecule has 0 aliphatic rings. The third kappa shape index (κ3) is 2.90. The predicted molar refractivity (Wildman–Crippen MR) is 77.5 cm³/mol. The highest BCUT2D eigenvalue weighted by Crippen LogP contribution is 2.23. The zero-order chi connectivity index (χ0) is 14.7. The van der Waals surface area contributed by atoms with Crippen LogP contribution < -0.4 is 11.1 Å². The fourth-order valence-corrected chi connectivity index (χ4v) is 1.93. The molecule has 0 aliphatic carbocycles. The van der Waals surface area contributed by atoms with E-state index in [1.165, 1.54) is 7.11 Å². The molecule has 106 valence electrons. The molecule has 2 aromatic rings. The van der Waals surface area contributed by atoms with E-state index in [-0.39, 0.29) is 0 Å². The number of hydrogen-bond donors (Lipinski definition) is 2. The van der Waals surface area contributed by atoms with Crippen LogP contribution in [-0.2, 0) is 18.3 Å². The van der Waals surface area contributed by atoms with Crippen LogP contribution in [0, 0.1) is 6.92 Å². The number of rotatable bonds is 4. The highest BCUT2D eigenvalue weighted by atomic mass is 16.5. The minimum absolute atomic E-state index is 0.371. The van der Waals surface area contributed by atoms with Crippen LogP contribution >= 0.6 is 0 Å². The van der Waals surface area contributed by atoms with E-state index in [1.807, 2.05) is 32.3 Å². The Kier molecular flexibility index (Phi) is 3.93. The number of nitrogen functional groups attached to an aromatic ring is 1. The largest absolute Gasteiger partial charge is 0.465 e. The monoisotopic (exact) mass is 274 g/mol. The van der Waals surface area contributed by atoms with E-state index in [4.69, 9.17) is 10.5 Å². The van der Waals surface area contributed by atoms with E-state index in [1.54, 1.807) is 10.7 Å². The number of anilines is 2. The van der Waals surface area contributed by atoms with Crippen molar-refractivity contribution in [2.24, 2.45) is 7.05 Å². The van der Waals surface area contributed by atoms with Crippen molar-refractivity contribution in [1.82, 2.24) is 9.78 Å². The van der Waals surface area contributed by atoms with Gasteiger partial charge in [-0.15, -0.1) is 0 Å². The van der Waals surface area contributed by atoms with Crippen LogP contribution in [0.2, 0.25) is 0 Å². The first kappa shape index (κ1) is 13.9. The van der Waals surface area contributed by atoms with Crippen LogP contribution in [0.25, 0.3) is 0 Å². The van der Waals surface area contributed by atoms with Gasteiger partial charge in [0.05, 0.1) is 24.9 Å². The van der Waals surface area contributed by atoms with Gasteiger partial charge in [0.1, 0.15) is 0 Å². The molecule has 0 fully saturated rings. The number of carbonyl (C=O) groups is 1. The highest BCUT2D eigenvalue weighted by molar-refractivity contribution is 5.97. The van der Waals surface area contributed by atoms with E-state index in [0.717, 1.165) is 16.9 Å². The van der Waals surface area contributed by atoms with Crippen LogP contribution in [0.15, 0.2) is 24.4 Å². The predicted octanol–water partition coefficient (Wildman–Crippen LogP) is 1.71. The molecule has 0 bridgehead atoms. The zero-order valence-corrected chi connectivity index (χ0v) is 11.8. The van der Waals surface area contributed by atoms with Crippen molar-refractivity contribution in [3.05, 3.63) is 41.2 Å². The summed E-state index contributed by atoms with van der Waals surface area (Å²) < 4.78 is 6.47. The maximum Gasteiger partial charge on any atom is 0.340 e. The summed E-state index contributed by atoms with van der Waals surface area (Å²) in [5.41, 5.74) is 9.27. The van der Waals surface area contributed by atoms with Crippen LogP contribution in [-0.4, -0.2) is 22.9 Å². The molecule has 0 saturated carbocycles. The first-order valence-electron chi connectivity index (χ1n) is 6.22. The fourth-order valence-electron chi connectivity index (χ4n) is 1.93. The summed E-state index contributed by atoms with van der Waals surface area (Å²) >= 11 is 0. The third-order valence-electron chi connectivity index (χ3n) is 3.03. The molecule has 1 aromatic heterocycles. The molecule has 0 atom stereocenters. The van der Waals surface area contributed by atoms with Gasteiger partial charge in [0.15, 0.2) is 0 Å². The number of nitrogens with two attached hydrogens (primary N) is 1. The lowest BCUT2D eigenvalue weighted by atomic mass is 10.1. The van der Waals surface area contributed by atoms with Gasteiger partial charge in [0, 0.05) is 24.6 Å². The van der Waals surface area contributed by atoms with Crippen molar-refractivity contribution >= 4 is 17.3 Å². The number of nitrogens with zero attached hydrogens (tertiary/aromatic N) is 2. The van der Waals surface area contributed by atoms with Gasteiger partial charge in [-0.05, 0) is 30.7 Å². The maximum absolute atomic E-state index is 11.7. The van der Waals surface area contributed by atoms with E-state index >= 15 is 0 Å². The van der Waals surface area contributed by atoms with E-state index in [2.05, 4.69) is 10.4 Å². The number of hydrogen-bond acceptors (Lipinski definition) is 5. The zero-order valence-electron chi connectivity index (χ0n) is 11.8. The summed E-state index contributed by atoms with van der Waals surface area (Å²) in [6.45, 7) is 2.43. The van der Waals surface area contributed by atoms with Crippen molar-refractivity contribution in [2.75, 3.05) is 18.2 Å². The SMILES string of the molecule is COC(=O)c1cc(NCc2ccn(C)n2)cc(C)c1N. The molecule has 0 radical (unpaired) electrons. The van der Waals surface area contributed by atoms with Crippen molar-refractivity contribution in [3.8, 4) is 0 Å². The number of aromatic nitrogens is 2. The minimum atomic E-state index is -0.438. The van der Waals surface area contributed by atoms with E-state index in [9.17, 15) is 4.79 Å². The Hall–Kier alpha value is -2.50.